The van der Waals surface area contributed by atoms with E-state index in [-0.39, 0.29) is 5.91 Å². The summed E-state index contributed by atoms with van der Waals surface area (Å²) in [5.41, 5.74) is 3.97. The Morgan fingerprint density at radius 2 is 2.13 bits per heavy atom. The van der Waals surface area contributed by atoms with Crippen molar-refractivity contribution in [1.29, 1.82) is 0 Å². The lowest BCUT2D eigenvalue weighted by Gasteiger charge is -2.08. The van der Waals surface area contributed by atoms with Crippen LogP contribution in [0, 0.1) is 13.8 Å². The summed E-state index contributed by atoms with van der Waals surface area (Å²) in [5, 5.41) is 14.8. The van der Waals surface area contributed by atoms with Crippen LogP contribution in [0.3, 0.4) is 0 Å². The highest BCUT2D eigenvalue weighted by Gasteiger charge is 2.11. The molecular weight excluding hydrogens is 310 g/mol. The number of benzene rings is 1. The van der Waals surface area contributed by atoms with Gasteiger partial charge in [0.1, 0.15) is 0 Å². The summed E-state index contributed by atoms with van der Waals surface area (Å²) >= 11 is 1.57. The maximum Gasteiger partial charge on any atom is 0.248 e. The van der Waals surface area contributed by atoms with Gasteiger partial charge in [0.2, 0.25) is 17.7 Å². The highest BCUT2D eigenvalue weighted by molar-refractivity contribution is 7.08. The molecule has 0 spiro atoms. The van der Waals surface area contributed by atoms with Gasteiger partial charge >= 0.3 is 0 Å². The maximum atomic E-state index is 12.1. The fourth-order valence-corrected chi connectivity index (χ4v) is 2.87. The van der Waals surface area contributed by atoms with Crippen LogP contribution < -0.4 is 5.32 Å². The molecule has 2 heterocycles. The van der Waals surface area contributed by atoms with E-state index in [1.807, 2.05) is 48.9 Å². The van der Waals surface area contributed by atoms with Gasteiger partial charge < -0.3 is 9.73 Å². The average molecular weight is 327 g/mol. The van der Waals surface area contributed by atoms with E-state index in [0.717, 1.165) is 16.8 Å². The van der Waals surface area contributed by atoms with Crippen LogP contribution in [-0.2, 0) is 11.2 Å². The van der Waals surface area contributed by atoms with Gasteiger partial charge in [-0.1, -0.05) is 17.7 Å². The van der Waals surface area contributed by atoms with Gasteiger partial charge in [0.25, 0.3) is 0 Å². The van der Waals surface area contributed by atoms with Gasteiger partial charge in [-0.2, -0.15) is 11.3 Å². The predicted octanol–water partition coefficient (Wildman–Crippen LogP) is 3.99. The van der Waals surface area contributed by atoms with E-state index in [1.54, 1.807) is 11.3 Å². The van der Waals surface area contributed by atoms with E-state index < -0.39 is 0 Å². The van der Waals surface area contributed by atoms with Crippen LogP contribution in [0.25, 0.3) is 11.5 Å². The average Bonchev–Trinajstić information content (AvgIpc) is 3.18. The molecule has 6 heteroatoms. The van der Waals surface area contributed by atoms with Crippen molar-refractivity contribution in [2.75, 3.05) is 5.32 Å². The molecule has 118 valence electrons. The molecule has 0 bridgehead atoms. The first-order chi connectivity index (χ1) is 11.1. The zero-order valence-electron chi connectivity index (χ0n) is 13.0. The van der Waals surface area contributed by atoms with Crippen LogP contribution in [0.1, 0.15) is 23.4 Å². The number of thiophene rings is 1. The van der Waals surface area contributed by atoms with Gasteiger partial charge in [-0.3, -0.25) is 4.79 Å². The van der Waals surface area contributed by atoms with Crippen LogP contribution in [0.15, 0.2) is 39.4 Å². The van der Waals surface area contributed by atoms with E-state index in [0.29, 0.717) is 24.6 Å². The lowest BCUT2D eigenvalue weighted by molar-refractivity contribution is -0.116. The second-order valence-corrected chi connectivity index (χ2v) is 6.16. The second kappa shape index (κ2) is 6.75. The van der Waals surface area contributed by atoms with Gasteiger partial charge in [-0.15, -0.1) is 10.2 Å². The SMILES string of the molecule is Cc1ccc(NC(=O)CCc2nnc(-c3ccsc3)o2)c(C)c1. The van der Waals surface area contributed by atoms with Crippen molar-refractivity contribution in [3.05, 3.63) is 52.0 Å². The maximum absolute atomic E-state index is 12.1. The Morgan fingerprint density at radius 1 is 1.26 bits per heavy atom. The van der Waals surface area contributed by atoms with Crippen LogP contribution in [0.4, 0.5) is 5.69 Å². The van der Waals surface area contributed by atoms with Gasteiger partial charge in [0.05, 0.1) is 0 Å². The number of amides is 1. The first kappa shape index (κ1) is 15.4. The quantitative estimate of drug-likeness (QED) is 0.769. The van der Waals surface area contributed by atoms with Gasteiger partial charge in [0.15, 0.2) is 0 Å². The van der Waals surface area contributed by atoms with Crippen LogP contribution in [0.5, 0.6) is 0 Å². The lowest BCUT2D eigenvalue weighted by atomic mass is 10.1. The molecule has 0 saturated heterocycles. The normalized spacial score (nSPS) is 10.7. The highest BCUT2D eigenvalue weighted by Crippen LogP contribution is 2.21. The number of rotatable bonds is 5. The van der Waals surface area contributed by atoms with Crippen molar-refractivity contribution in [2.45, 2.75) is 26.7 Å². The first-order valence-electron chi connectivity index (χ1n) is 7.34. The molecule has 0 unspecified atom stereocenters. The minimum Gasteiger partial charge on any atom is -0.421 e. The van der Waals surface area contributed by atoms with Crippen molar-refractivity contribution < 1.29 is 9.21 Å². The number of aryl methyl sites for hydroxylation is 3. The monoisotopic (exact) mass is 327 g/mol. The van der Waals surface area contributed by atoms with E-state index >= 15 is 0 Å². The minimum absolute atomic E-state index is 0.0627. The molecule has 23 heavy (non-hydrogen) atoms. The zero-order valence-corrected chi connectivity index (χ0v) is 13.8. The minimum atomic E-state index is -0.0627. The summed E-state index contributed by atoms with van der Waals surface area (Å²) in [4.78, 5) is 12.1. The topological polar surface area (TPSA) is 68.0 Å². The molecule has 3 rings (SSSR count). The third kappa shape index (κ3) is 3.84. The number of nitrogens with zero attached hydrogens (tertiary/aromatic N) is 2. The zero-order chi connectivity index (χ0) is 16.2. The Morgan fingerprint density at radius 3 is 2.87 bits per heavy atom. The van der Waals surface area contributed by atoms with Gasteiger partial charge in [0, 0.05) is 29.5 Å². The number of hydrogen-bond acceptors (Lipinski definition) is 5. The number of hydrogen-bond donors (Lipinski definition) is 1. The van der Waals surface area contributed by atoms with Crippen LogP contribution >= 0.6 is 11.3 Å². The molecule has 0 saturated carbocycles. The standard InChI is InChI=1S/C17H17N3O2S/c1-11-3-4-14(12(2)9-11)18-15(21)5-6-16-19-20-17(22-16)13-7-8-23-10-13/h3-4,7-10H,5-6H2,1-2H3,(H,18,21). The Labute approximate surface area is 138 Å². The molecule has 0 atom stereocenters. The lowest BCUT2D eigenvalue weighted by Crippen LogP contribution is -2.13. The summed E-state index contributed by atoms with van der Waals surface area (Å²) < 4.78 is 5.57. The number of aromatic nitrogens is 2. The largest absolute Gasteiger partial charge is 0.421 e. The van der Waals surface area contributed by atoms with Crippen molar-refractivity contribution >= 4 is 22.9 Å². The van der Waals surface area contributed by atoms with Crippen LogP contribution in [0.2, 0.25) is 0 Å². The van der Waals surface area contributed by atoms with Crippen molar-refractivity contribution in [2.24, 2.45) is 0 Å². The second-order valence-electron chi connectivity index (χ2n) is 5.38. The van der Waals surface area contributed by atoms with E-state index in [1.165, 1.54) is 5.56 Å². The first-order valence-corrected chi connectivity index (χ1v) is 8.28. The van der Waals surface area contributed by atoms with Crippen molar-refractivity contribution in [3.8, 4) is 11.5 Å². The highest BCUT2D eigenvalue weighted by atomic mass is 32.1. The third-order valence-corrected chi connectivity index (χ3v) is 4.14. The molecule has 0 fully saturated rings. The van der Waals surface area contributed by atoms with Crippen LogP contribution in [-0.4, -0.2) is 16.1 Å². The van der Waals surface area contributed by atoms with Crippen molar-refractivity contribution in [1.82, 2.24) is 10.2 Å². The Hall–Kier alpha value is -2.47. The predicted molar refractivity (Wildman–Crippen MR) is 90.5 cm³/mol. The molecule has 0 aliphatic heterocycles. The fourth-order valence-electron chi connectivity index (χ4n) is 2.24. The number of carbonyl (C=O) groups is 1. The number of carbonyl (C=O) groups excluding carboxylic acids is 1. The Balaban J connectivity index is 1.57. The summed E-state index contributed by atoms with van der Waals surface area (Å²) in [6.45, 7) is 4.01. The Bertz CT molecular complexity index is 809. The number of nitrogens with one attached hydrogen (secondary N) is 1. The van der Waals surface area contributed by atoms with Gasteiger partial charge in [-0.05, 0) is 36.9 Å². The van der Waals surface area contributed by atoms with E-state index in [4.69, 9.17) is 4.42 Å². The molecule has 1 aromatic carbocycles. The molecular formula is C17H17N3O2S. The fraction of sp³-hybridized carbons (Fsp3) is 0.235. The molecule has 1 amide bonds. The van der Waals surface area contributed by atoms with Crippen molar-refractivity contribution in [3.63, 3.8) is 0 Å². The summed E-state index contributed by atoms with van der Waals surface area (Å²) in [5.74, 6) is 0.908. The molecule has 0 aliphatic rings. The molecule has 0 radical (unpaired) electrons. The molecule has 2 aromatic heterocycles. The van der Waals surface area contributed by atoms with E-state index in [2.05, 4.69) is 15.5 Å². The molecule has 0 aliphatic carbocycles. The smallest absolute Gasteiger partial charge is 0.248 e. The molecule has 5 nitrogen and oxygen atoms in total. The van der Waals surface area contributed by atoms with Gasteiger partial charge in [-0.25, -0.2) is 0 Å². The molecule has 3 aromatic rings. The summed E-state index contributed by atoms with van der Waals surface area (Å²) in [6.07, 6.45) is 0.729. The number of anilines is 1. The Kier molecular flexibility index (Phi) is 4.52. The third-order valence-electron chi connectivity index (χ3n) is 3.46. The van der Waals surface area contributed by atoms with E-state index in [9.17, 15) is 4.79 Å². The summed E-state index contributed by atoms with van der Waals surface area (Å²) in [7, 11) is 0. The molecule has 1 N–H and O–H groups in total. The summed E-state index contributed by atoms with van der Waals surface area (Å²) in [6, 6.07) is 7.87.